The predicted molar refractivity (Wildman–Crippen MR) is 108 cm³/mol. The zero-order valence-corrected chi connectivity index (χ0v) is 17.6. The van der Waals surface area contributed by atoms with Crippen LogP contribution >= 0.6 is 0 Å². The Morgan fingerprint density at radius 1 is 1.21 bits per heavy atom. The predicted octanol–water partition coefficient (Wildman–Crippen LogP) is 2.35. The second-order valence-electron chi connectivity index (χ2n) is 8.50. The van der Waals surface area contributed by atoms with E-state index in [-0.39, 0.29) is 23.8 Å². The molecule has 10 heteroatoms. The molecule has 1 aliphatic carbocycles. The van der Waals surface area contributed by atoms with E-state index in [1.807, 2.05) is 10.8 Å². The summed E-state index contributed by atoms with van der Waals surface area (Å²) < 4.78 is 33.7. The Morgan fingerprint density at radius 3 is 2.66 bits per heavy atom. The van der Waals surface area contributed by atoms with E-state index in [0.29, 0.717) is 5.69 Å². The Kier molecular flexibility index (Phi) is 6.04. The van der Waals surface area contributed by atoms with Crippen LogP contribution in [0.4, 0.5) is 10.5 Å². The molecule has 29 heavy (non-hydrogen) atoms. The lowest BCUT2D eigenvalue weighted by molar-refractivity contribution is -0.133. The molecule has 4 N–H and O–H groups in total. The fourth-order valence-electron chi connectivity index (χ4n) is 3.95. The molecule has 1 aromatic rings. The Morgan fingerprint density at radius 2 is 1.93 bits per heavy atom. The summed E-state index contributed by atoms with van der Waals surface area (Å²) in [6.07, 6.45) is 2.85. The van der Waals surface area contributed by atoms with Crippen LogP contribution in [0.2, 0.25) is 0 Å². The van der Waals surface area contributed by atoms with E-state index < -0.39 is 21.9 Å². The van der Waals surface area contributed by atoms with Crippen molar-refractivity contribution in [3.05, 3.63) is 29.8 Å². The van der Waals surface area contributed by atoms with Gasteiger partial charge in [0, 0.05) is 5.92 Å². The Labute approximate surface area is 171 Å². The van der Waals surface area contributed by atoms with Crippen LogP contribution in [0.25, 0.3) is 0 Å². The highest BCUT2D eigenvalue weighted by Gasteiger charge is 2.40. The number of carbonyl (C=O) groups excluding carboxylic acids is 2. The van der Waals surface area contributed by atoms with Crippen molar-refractivity contribution in [2.45, 2.75) is 58.1 Å². The zero-order chi connectivity index (χ0) is 21.2. The number of rotatable bonds is 4. The first-order valence-electron chi connectivity index (χ1n) is 9.73. The van der Waals surface area contributed by atoms with Gasteiger partial charge in [0.15, 0.2) is 0 Å². The second kappa shape index (κ2) is 8.19. The minimum Gasteiger partial charge on any atom is -0.443 e. The summed E-state index contributed by atoms with van der Waals surface area (Å²) in [5.74, 6) is 0.137. The molecule has 9 nitrogen and oxygen atoms in total. The zero-order valence-electron chi connectivity index (χ0n) is 16.8. The molecular weight excluding hydrogens is 396 g/mol. The second-order valence-corrected chi connectivity index (χ2v) is 9.92. The third-order valence-corrected chi connectivity index (χ3v) is 5.99. The van der Waals surface area contributed by atoms with Gasteiger partial charge in [0.2, 0.25) is 5.91 Å². The Hall–Kier alpha value is -2.33. The quantitative estimate of drug-likeness (QED) is 0.588. The summed E-state index contributed by atoms with van der Waals surface area (Å²) in [5.41, 5.74) is 6.17. The third kappa shape index (κ3) is 5.60. The summed E-state index contributed by atoms with van der Waals surface area (Å²) >= 11 is 0. The van der Waals surface area contributed by atoms with Gasteiger partial charge in [-0.1, -0.05) is 25.0 Å². The van der Waals surface area contributed by atoms with Gasteiger partial charge >= 0.3 is 16.3 Å². The van der Waals surface area contributed by atoms with Gasteiger partial charge in [0.1, 0.15) is 5.60 Å². The average molecular weight is 425 g/mol. The molecular formula is C19H28N4O5S. The van der Waals surface area contributed by atoms with Gasteiger partial charge in [-0.3, -0.25) is 14.9 Å². The lowest BCUT2D eigenvalue weighted by Crippen LogP contribution is -2.55. The minimum absolute atomic E-state index is 0.0179. The summed E-state index contributed by atoms with van der Waals surface area (Å²) in [5, 5.41) is 0. The van der Waals surface area contributed by atoms with Gasteiger partial charge < -0.3 is 4.74 Å². The fraction of sp³-hybridized carbons (Fsp3) is 0.579. The van der Waals surface area contributed by atoms with Gasteiger partial charge in [-0.2, -0.15) is 8.42 Å². The molecule has 2 aliphatic rings. The van der Waals surface area contributed by atoms with Gasteiger partial charge in [-0.05, 0) is 57.2 Å². The minimum atomic E-state index is -4.15. The fourth-order valence-corrected chi connectivity index (χ4v) is 4.70. The molecule has 1 aliphatic heterocycles. The van der Waals surface area contributed by atoms with Crippen LogP contribution in [-0.2, 0) is 19.7 Å². The van der Waals surface area contributed by atoms with E-state index in [1.54, 1.807) is 39.0 Å². The van der Waals surface area contributed by atoms with Crippen LogP contribution in [0.1, 0.15) is 58.1 Å². The summed E-state index contributed by atoms with van der Waals surface area (Å²) in [6, 6.07) is 6.81. The molecule has 0 radical (unpaired) electrons. The number of anilines is 1. The SMILES string of the molecule is CC(C)(C)OC(=O)NS(=O)(=O)Nc1cccc(C2NNC(=O)C3CCCCC32)c1. The Bertz CT molecular complexity index is 881. The van der Waals surface area contributed by atoms with E-state index in [0.717, 1.165) is 31.2 Å². The number of hydrazine groups is 1. The van der Waals surface area contributed by atoms with Crippen molar-refractivity contribution in [1.82, 2.24) is 15.6 Å². The number of hydrogen-bond donors (Lipinski definition) is 4. The smallest absolute Gasteiger partial charge is 0.422 e. The van der Waals surface area contributed by atoms with Crippen molar-refractivity contribution >= 4 is 27.9 Å². The van der Waals surface area contributed by atoms with Crippen LogP contribution in [0.5, 0.6) is 0 Å². The topological polar surface area (TPSA) is 126 Å². The van der Waals surface area contributed by atoms with E-state index in [4.69, 9.17) is 4.74 Å². The Balaban J connectivity index is 1.72. The van der Waals surface area contributed by atoms with Crippen molar-refractivity contribution in [3.63, 3.8) is 0 Å². The molecule has 0 aromatic heterocycles. The molecule has 1 saturated carbocycles. The summed E-state index contributed by atoms with van der Waals surface area (Å²) in [7, 11) is -4.15. The first kappa shape index (κ1) is 21.4. The highest BCUT2D eigenvalue weighted by atomic mass is 32.2. The first-order valence-corrected chi connectivity index (χ1v) is 11.2. The number of ether oxygens (including phenoxy) is 1. The highest BCUT2D eigenvalue weighted by Crippen LogP contribution is 2.40. The van der Waals surface area contributed by atoms with Crippen LogP contribution < -0.4 is 20.3 Å². The van der Waals surface area contributed by atoms with Crippen molar-refractivity contribution < 1.29 is 22.7 Å². The van der Waals surface area contributed by atoms with Crippen LogP contribution in [-0.4, -0.2) is 26.0 Å². The largest absolute Gasteiger partial charge is 0.443 e. The average Bonchev–Trinajstić information content (AvgIpc) is 2.60. The number of nitrogens with one attached hydrogen (secondary N) is 4. The molecule has 3 atom stereocenters. The molecule has 1 saturated heterocycles. The highest BCUT2D eigenvalue weighted by molar-refractivity contribution is 7.91. The molecule has 2 fully saturated rings. The van der Waals surface area contributed by atoms with Gasteiger partial charge in [0.25, 0.3) is 0 Å². The molecule has 1 heterocycles. The molecule has 3 rings (SSSR count). The van der Waals surface area contributed by atoms with Crippen LogP contribution in [0, 0.1) is 11.8 Å². The van der Waals surface area contributed by atoms with Crippen molar-refractivity contribution in [2.75, 3.05) is 4.72 Å². The maximum atomic E-state index is 12.3. The van der Waals surface area contributed by atoms with Crippen molar-refractivity contribution in [2.24, 2.45) is 11.8 Å². The number of benzene rings is 1. The van der Waals surface area contributed by atoms with Gasteiger partial charge in [-0.15, -0.1) is 0 Å². The van der Waals surface area contributed by atoms with Gasteiger partial charge in [-0.25, -0.2) is 14.9 Å². The lowest BCUT2D eigenvalue weighted by atomic mass is 9.72. The molecule has 1 aromatic carbocycles. The molecule has 0 spiro atoms. The van der Waals surface area contributed by atoms with E-state index in [2.05, 4.69) is 15.6 Å². The van der Waals surface area contributed by atoms with Crippen LogP contribution in [0.3, 0.4) is 0 Å². The molecule has 160 valence electrons. The molecule has 2 amide bonds. The van der Waals surface area contributed by atoms with E-state index >= 15 is 0 Å². The molecule has 3 unspecified atom stereocenters. The first-order chi connectivity index (χ1) is 13.5. The lowest BCUT2D eigenvalue weighted by Gasteiger charge is -2.41. The maximum Gasteiger partial charge on any atom is 0.422 e. The van der Waals surface area contributed by atoms with E-state index in [9.17, 15) is 18.0 Å². The van der Waals surface area contributed by atoms with Crippen LogP contribution in [0.15, 0.2) is 24.3 Å². The third-order valence-electron chi connectivity index (χ3n) is 5.05. The molecule has 0 bridgehead atoms. The monoisotopic (exact) mass is 424 g/mol. The number of fused-ring (bicyclic) bond motifs is 1. The van der Waals surface area contributed by atoms with E-state index in [1.165, 1.54) is 0 Å². The van der Waals surface area contributed by atoms with Gasteiger partial charge in [0.05, 0.1) is 11.7 Å². The normalized spacial score (nSPS) is 24.8. The maximum absolute atomic E-state index is 12.3. The summed E-state index contributed by atoms with van der Waals surface area (Å²) in [6.45, 7) is 4.93. The van der Waals surface area contributed by atoms with Crippen molar-refractivity contribution in [3.8, 4) is 0 Å². The summed E-state index contributed by atoms with van der Waals surface area (Å²) in [4.78, 5) is 23.9. The number of hydrogen-bond acceptors (Lipinski definition) is 6. The van der Waals surface area contributed by atoms with Crippen molar-refractivity contribution in [1.29, 1.82) is 0 Å². The number of amides is 2. The standard InChI is InChI=1S/C19H28N4O5S/c1-19(2,3)28-18(25)23-29(26,27)22-13-8-6-7-12(11-13)16-14-9-4-5-10-15(14)17(24)21-20-16/h6-8,11,14-16,20,22H,4-5,9-10H2,1-3H3,(H,21,24)(H,23,25). The number of carbonyl (C=O) groups is 2.